The zero-order valence-corrected chi connectivity index (χ0v) is 17.0. The van der Waals surface area contributed by atoms with Crippen LogP contribution in [-0.4, -0.2) is 39.1 Å². The Morgan fingerprint density at radius 1 is 1.24 bits per heavy atom. The third-order valence-electron chi connectivity index (χ3n) is 4.60. The van der Waals surface area contributed by atoms with Gasteiger partial charge in [0.15, 0.2) is 5.17 Å². The molecule has 0 aliphatic carbocycles. The number of aliphatic imine (C=N–C) groups is 1. The number of anilines is 1. The van der Waals surface area contributed by atoms with Crippen LogP contribution in [0.15, 0.2) is 47.5 Å². The SMILES string of the molecule is Cc1ccc(N=C2S[C@H](CC(=O)Nc3ccccc3[N+](=O)[O-])C(=O)N2C)cc1C. The van der Waals surface area contributed by atoms with Crippen LogP contribution in [0.1, 0.15) is 17.5 Å². The predicted molar refractivity (Wildman–Crippen MR) is 114 cm³/mol. The van der Waals surface area contributed by atoms with Crippen LogP contribution in [0.3, 0.4) is 0 Å². The van der Waals surface area contributed by atoms with Gasteiger partial charge in [0.2, 0.25) is 11.8 Å². The maximum absolute atomic E-state index is 12.5. The van der Waals surface area contributed by atoms with E-state index in [2.05, 4.69) is 10.3 Å². The highest BCUT2D eigenvalue weighted by Gasteiger charge is 2.37. The summed E-state index contributed by atoms with van der Waals surface area (Å²) in [6.07, 6.45) is -0.105. The summed E-state index contributed by atoms with van der Waals surface area (Å²) in [6, 6.07) is 11.7. The van der Waals surface area contributed by atoms with E-state index in [-0.39, 0.29) is 23.7 Å². The number of nitrogens with zero attached hydrogens (tertiary/aromatic N) is 3. The lowest BCUT2D eigenvalue weighted by Gasteiger charge is -2.09. The third-order valence-corrected chi connectivity index (χ3v) is 5.83. The van der Waals surface area contributed by atoms with Crippen molar-refractivity contribution in [1.82, 2.24) is 4.90 Å². The molecule has 1 aliphatic rings. The fourth-order valence-electron chi connectivity index (χ4n) is 2.81. The number of carbonyl (C=O) groups is 2. The Labute approximate surface area is 172 Å². The molecule has 0 bridgehead atoms. The predicted octanol–water partition coefficient (Wildman–Crippen LogP) is 3.80. The van der Waals surface area contributed by atoms with Crippen LogP contribution in [0.4, 0.5) is 17.1 Å². The highest BCUT2D eigenvalue weighted by Crippen LogP contribution is 2.32. The lowest BCUT2D eigenvalue weighted by Crippen LogP contribution is -2.30. The number of benzene rings is 2. The summed E-state index contributed by atoms with van der Waals surface area (Å²) >= 11 is 1.21. The molecule has 0 saturated carbocycles. The first-order valence-electron chi connectivity index (χ1n) is 8.89. The summed E-state index contributed by atoms with van der Waals surface area (Å²) in [5.74, 6) is -0.693. The molecule has 0 radical (unpaired) electrons. The standard InChI is InChI=1S/C20H20N4O4S/c1-12-8-9-14(10-13(12)2)21-20-23(3)19(26)17(29-20)11-18(25)22-15-6-4-5-7-16(15)24(27)28/h4-10,17H,11H2,1-3H3,(H,22,25)/t17-/m1/s1. The van der Waals surface area contributed by atoms with Gasteiger partial charge in [0.1, 0.15) is 10.9 Å². The van der Waals surface area contributed by atoms with Gasteiger partial charge >= 0.3 is 0 Å². The number of para-hydroxylation sites is 2. The van der Waals surface area contributed by atoms with Crippen molar-refractivity contribution in [1.29, 1.82) is 0 Å². The van der Waals surface area contributed by atoms with E-state index in [1.54, 1.807) is 13.1 Å². The normalized spacial score (nSPS) is 17.6. The van der Waals surface area contributed by atoms with Gasteiger partial charge in [0.25, 0.3) is 5.69 Å². The number of aryl methyl sites for hydroxylation is 2. The zero-order valence-electron chi connectivity index (χ0n) is 16.2. The highest BCUT2D eigenvalue weighted by atomic mass is 32.2. The summed E-state index contributed by atoms with van der Waals surface area (Å²) in [5.41, 5.74) is 2.90. The molecule has 8 nitrogen and oxygen atoms in total. The molecular formula is C20H20N4O4S. The van der Waals surface area contributed by atoms with Crippen molar-refractivity contribution in [2.24, 2.45) is 4.99 Å². The number of hydrogen-bond donors (Lipinski definition) is 1. The van der Waals surface area contributed by atoms with Crippen molar-refractivity contribution in [2.75, 3.05) is 12.4 Å². The Hall–Kier alpha value is -3.20. The Balaban J connectivity index is 1.71. The monoisotopic (exact) mass is 412 g/mol. The van der Waals surface area contributed by atoms with Gasteiger partial charge in [-0.2, -0.15) is 0 Å². The van der Waals surface area contributed by atoms with Crippen molar-refractivity contribution in [3.05, 3.63) is 63.7 Å². The van der Waals surface area contributed by atoms with Gasteiger partial charge in [-0.1, -0.05) is 30.0 Å². The Kier molecular flexibility index (Phi) is 5.97. The zero-order chi connectivity index (χ0) is 21.1. The smallest absolute Gasteiger partial charge is 0.292 e. The summed E-state index contributed by atoms with van der Waals surface area (Å²) in [4.78, 5) is 41.4. The van der Waals surface area contributed by atoms with Gasteiger partial charge < -0.3 is 5.32 Å². The fourth-order valence-corrected chi connectivity index (χ4v) is 3.97. The van der Waals surface area contributed by atoms with Crippen molar-refractivity contribution in [3.8, 4) is 0 Å². The maximum atomic E-state index is 12.5. The second-order valence-corrected chi connectivity index (χ2v) is 7.86. The molecule has 29 heavy (non-hydrogen) atoms. The molecule has 0 aromatic heterocycles. The van der Waals surface area contributed by atoms with Gasteiger partial charge in [0.05, 0.1) is 10.6 Å². The number of nitro benzene ring substituents is 1. The second kappa shape index (κ2) is 8.44. The van der Waals surface area contributed by atoms with Crippen molar-refractivity contribution in [2.45, 2.75) is 25.5 Å². The van der Waals surface area contributed by atoms with Crippen LogP contribution in [0.25, 0.3) is 0 Å². The number of hydrogen-bond acceptors (Lipinski definition) is 6. The number of nitrogens with one attached hydrogen (secondary N) is 1. The molecule has 0 unspecified atom stereocenters. The number of rotatable bonds is 5. The van der Waals surface area contributed by atoms with E-state index in [0.29, 0.717) is 5.17 Å². The molecule has 1 heterocycles. The van der Waals surface area contributed by atoms with E-state index in [9.17, 15) is 19.7 Å². The van der Waals surface area contributed by atoms with Crippen LogP contribution in [-0.2, 0) is 9.59 Å². The van der Waals surface area contributed by atoms with Crippen LogP contribution >= 0.6 is 11.8 Å². The third kappa shape index (κ3) is 4.62. The van der Waals surface area contributed by atoms with E-state index >= 15 is 0 Å². The molecule has 1 aliphatic heterocycles. The minimum atomic E-state index is -0.631. The van der Waals surface area contributed by atoms with Crippen LogP contribution < -0.4 is 5.32 Å². The number of nitro groups is 1. The minimum Gasteiger partial charge on any atom is -0.320 e. The summed E-state index contributed by atoms with van der Waals surface area (Å²) in [5, 5.41) is 13.5. The summed E-state index contributed by atoms with van der Waals surface area (Å²) < 4.78 is 0. The molecule has 1 N–H and O–H groups in total. The van der Waals surface area contributed by atoms with Crippen LogP contribution in [0.5, 0.6) is 0 Å². The number of thioether (sulfide) groups is 1. The molecule has 2 aromatic carbocycles. The quantitative estimate of drug-likeness (QED) is 0.594. The van der Waals surface area contributed by atoms with Gasteiger partial charge in [-0.05, 0) is 43.2 Å². The number of amides is 2. The molecule has 0 spiro atoms. The van der Waals surface area contributed by atoms with E-state index in [0.717, 1.165) is 16.8 Å². The largest absolute Gasteiger partial charge is 0.320 e. The van der Waals surface area contributed by atoms with E-state index in [4.69, 9.17) is 0 Å². The lowest BCUT2D eigenvalue weighted by atomic mass is 10.1. The fraction of sp³-hybridized carbons (Fsp3) is 0.250. The molecule has 1 atom stereocenters. The van der Waals surface area contributed by atoms with Crippen LogP contribution in [0.2, 0.25) is 0 Å². The topological polar surface area (TPSA) is 105 Å². The maximum Gasteiger partial charge on any atom is 0.292 e. The van der Waals surface area contributed by atoms with E-state index in [1.165, 1.54) is 34.9 Å². The summed E-state index contributed by atoms with van der Waals surface area (Å²) in [6.45, 7) is 4.00. The first-order chi connectivity index (χ1) is 13.8. The molecule has 9 heteroatoms. The van der Waals surface area contributed by atoms with Crippen molar-refractivity contribution in [3.63, 3.8) is 0 Å². The van der Waals surface area contributed by atoms with Crippen LogP contribution in [0, 0.1) is 24.0 Å². The lowest BCUT2D eigenvalue weighted by molar-refractivity contribution is -0.383. The average Bonchev–Trinajstić information content (AvgIpc) is 2.92. The molecule has 150 valence electrons. The molecule has 2 aromatic rings. The van der Waals surface area contributed by atoms with E-state index in [1.807, 2.05) is 32.0 Å². The first kappa shape index (κ1) is 20.5. The van der Waals surface area contributed by atoms with Gasteiger partial charge in [-0.3, -0.25) is 24.6 Å². The molecule has 1 saturated heterocycles. The minimum absolute atomic E-state index is 0.105. The second-order valence-electron chi connectivity index (χ2n) is 6.69. The van der Waals surface area contributed by atoms with Gasteiger partial charge in [-0.15, -0.1) is 0 Å². The number of carbonyl (C=O) groups excluding carboxylic acids is 2. The molecule has 1 fully saturated rings. The van der Waals surface area contributed by atoms with E-state index < -0.39 is 16.1 Å². The van der Waals surface area contributed by atoms with Crippen molar-refractivity contribution < 1.29 is 14.5 Å². The Bertz CT molecular complexity index is 1020. The van der Waals surface area contributed by atoms with Gasteiger partial charge in [0, 0.05) is 19.5 Å². The van der Waals surface area contributed by atoms with Crippen molar-refractivity contribution >= 4 is 45.8 Å². The number of amidine groups is 1. The first-order valence-corrected chi connectivity index (χ1v) is 9.77. The average molecular weight is 412 g/mol. The highest BCUT2D eigenvalue weighted by molar-refractivity contribution is 8.15. The molecule has 2 amide bonds. The molecular weight excluding hydrogens is 392 g/mol. The Morgan fingerprint density at radius 3 is 2.66 bits per heavy atom. The van der Waals surface area contributed by atoms with Gasteiger partial charge in [-0.25, -0.2) is 4.99 Å². The Morgan fingerprint density at radius 2 is 1.97 bits per heavy atom. The molecule has 3 rings (SSSR count). The summed E-state index contributed by atoms with van der Waals surface area (Å²) in [7, 11) is 1.62.